The number of thiol groups is 1. The Morgan fingerprint density at radius 1 is 1.38 bits per heavy atom. The first kappa shape index (κ1) is 5.12. The molecule has 1 saturated carbocycles. The fourth-order valence-corrected chi connectivity index (χ4v) is 1.84. The van der Waals surface area contributed by atoms with E-state index in [2.05, 4.69) is 17.5 Å². The summed E-state index contributed by atoms with van der Waals surface area (Å²) in [4.78, 5) is 2.42. The molecule has 2 unspecified atom stereocenters. The molecule has 8 heavy (non-hydrogen) atoms. The molecule has 1 heterocycles. The highest BCUT2D eigenvalue weighted by Gasteiger charge is 2.44. The normalized spacial score (nSPS) is 44.6. The van der Waals surface area contributed by atoms with Crippen LogP contribution in [0.1, 0.15) is 6.42 Å². The highest BCUT2D eigenvalue weighted by atomic mass is 32.1. The van der Waals surface area contributed by atoms with Crippen molar-refractivity contribution in [2.45, 2.75) is 6.42 Å². The monoisotopic (exact) mass is 129 g/mol. The third kappa shape index (κ3) is 0.669. The van der Waals surface area contributed by atoms with Crippen molar-refractivity contribution in [2.75, 3.05) is 19.0 Å². The lowest BCUT2D eigenvalue weighted by Crippen LogP contribution is -2.20. The summed E-state index contributed by atoms with van der Waals surface area (Å²) in [5, 5.41) is 0. The van der Waals surface area contributed by atoms with Gasteiger partial charge in [-0.3, -0.25) is 4.90 Å². The van der Waals surface area contributed by atoms with E-state index < -0.39 is 0 Å². The van der Waals surface area contributed by atoms with E-state index in [0.717, 1.165) is 17.7 Å². The lowest BCUT2D eigenvalue weighted by molar-refractivity contribution is 0.359. The Bertz CT molecular complexity index is 94.7. The molecule has 1 nitrogen and oxygen atoms in total. The summed E-state index contributed by atoms with van der Waals surface area (Å²) >= 11 is 4.20. The highest BCUT2D eigenvalue weighted by molar-refractivity contribution is 7.80. The number of hydrogen-bond donors (Lipinski definition) is 1. The van der Waals surface area contributed by atoms with Crippen LogP contribution in [0, 0.1) is 11.8 Å². The minimum absolute atomic E-state index is 0.965. The number of piperidine rings is 1. The minimum atomic E-state index is 0.965. The molecule has 2 atom stereocenters. The van der Waals surface area contributed by atoms with Crippen LogP contribution in [0.15, 0.2) is 0 Å². The molecule has 0 aromatic rings. The average molecular weight is 129 g/mol. The van der Waals surface area contributed by atoms with Gasteiger partial charge in [0.05, 0.1) is 0 Å². The van der Waals surface area contributed by atoms with Gasteiger partial charge in [-0.15, -0.1) is 0 Å². The van der Waals surface area contributed by atoms with E-state index in [1.807, 2.05) is 0 Å². The Morgan fingerprint density at radius 3 is 2.38 bits per heavy atom. The van der Waals surface area contributed by atoms with Crippen molar-refractivity contribution in [3.05, 3.63) is 0 Å². The van der Waals surface area contributed by atoms with Gasteiger partial charge in [0, 0.05) is 19.0 Å². The van der Waals surface area contributed by atoms with Crippen LogP contribution < -0.4 is 0 Å². The Hall–Kier alpha value is 0.310. The van der Waals surface area contributed by atoms with Gasteiger partial charge in [0.25, 0.3) is 0 Å². The first-order valence-corrected chi connectivity index (χ1v) is 3.86. The van der Waals surface area contributed by atoms with Crippen LogP contribution in [0.25, 0.3) is 0 Å². The third-order valence-corrected chi connectivity index (χ3v) is 2.65. The molecule has 0 N–H and O–H groups in total. The maximum atomic E-state index is 4.20. The molecule has 1 aliphatic carbocycles. The SMILES string of the molecule is SCN1CC2CC2C1. The third-order valence-electron chi connectivity index (χ3n) is 2.25. The predicted octanol–water partition coefficient (Wildman–Crippen LogP) is 0.825. The van der Waals surface area contributed by atoms with Gasteiger partial charge in [-0.2, -0.15) is 12.6 Å². The van der Waals surface area contributed by atoms with Crippen LogP contribution in [0.3, 0.4) is 0 Å². The molecule has 0 bridgehead atoms. The second-order valence-corrected chi connectivity index (χ2v) is 3.22. The van der Waals surface area contributed by atoms with E-state index in [0.29, 0.717) is 0 Å². The van der Waals surface area contributed by atoms with Gasteiger partial charge < -0.3 is 0 Å². The summed E-state index contributed by atoms with van der Waals surface area (Å²) in [5.41, 5.74) is 0. The van der Waals surface area contributed by atoms with Gasteiger partial charge >= 0.3 is 0 Å². The molecule has 1 saturated heterocycles. The largest absolute Gasteiger partial charge is 0.294 e. The van der Waals surface area contributed by atoms with Gasteiger partial charge in [0.15, 0.2) is 0 Å². The van der Waals surface area contributed by atoms with Crippen LogP contribution in [-0.2, 0) is 0 Å². The van der Waals surface area contributed by atoms with E-state index in [9.17, 15) is 0 Å². The van der Waals surface area contributed by atoms with E-state index in [-0.39, 0.29) is 0 Å². The van der Waals surface area contributed by atoms with Gasteiger partial charge in [0.1, 0.15) is 0 Å². The summed E-state index contributed by atoms with van der Waals surface area (Å²) < 4.78 is 0. The van der Waals surface area contributed by atoms with Gasteiger partial charge in [-0.05, 0) is 18.3 Å². The van der Waals surface area contributed by atoms with Crippen molar-refractivity contribution < 1.29 is 0 Å². The van der Waals surface area contributed by atoms with Gasteiger partial charge in [-0.25, -0.2) is 0 Å². The van der Waals surface area contributed by atoms with Crippen LogP contribution >= 0.6 is 12.6 Å². The second-order valence-electron chi connectivity index (χ2n) is 2.93. The molecule has 0 amide bonds. The van der Waals surface area contributed by atoms with Crippen molar-refractivity contribution in [1.82, 2.24) is 4.90 Å². The number of nitrogens with zero attached hydrogens (tertiary/aromatic N) is 1. The first-order chi connectivity index (χ1) is 3.90. The molecule has 2 heteroatoms. The lowest BCUT2D eigenvalue weighted by Gasteiger charge is -2.11. The molecule has 2 fully saturated rings. The highest BCUT2D eigenvalue weighted by Crippen LogP contribution is 2.44. The predicted molar refractivity (Wildman–Crippen MR) is 37.0 cm³/mol. The Balaban J connectivity index is 1.89. The van der Waals surface area contributed by atoms with Gasteiger partial charge in [0.2, 0.25) is 0 Å². The molecule has 0 radical (unpaired) electrons. The zero-order chi connectivity index (χ0) is 5.56. The van der Waals surface area contributed by atoms with Crippen LogP contribution in [-0.4, -0.2) is 23.9 Å². The summed E-state index contributed by atoms with van der Waals surface area (Å²) in [7, 11) is 0. The summed E-state index contributed by atoms with van der Waals surface area (Å²) in [6.45, 7) is 2.66. The van der Waals surface area contributed by atoms with Crippen molar-refractivity contribution in [3.63, 3.8) is 0 Å². The molecular formula is C6H11NS. The zero-order valence-electron chi connectivity index (χ0n) is 4.88. The number of fused-ring (bicyclic) bond motifs is 1. The summed E-state index contributed by atoms with van der Waals surface area (Å²) in [6, 6.07) is 0. The van der Waals surface area contributed by atoms with Crippen LogP contribution in [0.4, 0.5) is 0 Å². The maximum absolute atomic E-state index is 4.20. The Morgan fingerprint density at radius 2 is 2.00 bits per heavy atom. The van der Waals surface area contributed by atoms with E-state index in [1.165, 1.54) is 19.5 Å². The van der Waals surface area contributed by atoms with E-state index >= 15 is 0 Å². The second kappa shape index (κ2) is 1.64. The zero-order valence-corrected chi connectivity index (χ0v) is 5.77. The standard InChI is InChI=1S/C6H11NS/c8-4-7-2-5-1-6(5)3-7/h5-6,8H,1-4H2. The van der Waals surface area contributed by atoms with E-state index in [4.69, 9.17) is 0 Å². The molecular weight excluding hydrogens is 118 g/mol. The fourth-order valence-electron chi connectivity index (χ4n) is 1.61. The molecule has 2 rings (SSSR count). The summed E-state index contributed by atoms with van der Waals surface area (Å²) in [5.74, 6) is 3.11. The van der Waals surface area contributed by atoms with Crippen LogP contribution in [0.5, 0.6) is 0 Å². The number of likely N-dealkylation sites (tertiary alicyclic amines) is 1. The van der Waals surface area contributed by atoms with E-state index in [1.54, 1.807) is 0 Å². The first-order valence-electron chi connectivity index (χ1n) is 3.23. The van der Waals surface area contributed by atoms with Crippen molar-refractivity contribution in [3.8, 4) is 0 Å². The molecule has 0 spiro atoms. The van der Waals surface area contributed by atoms with Gasteiger partial charge in [-0.1, -0.05) is 0 Å². The molecule has 0 aromatic carbocycles. The maximum Gasteiger partial charge on any atom is 0.0414 e. The molecule has 46 valence electrons. The van der Waals surface area contributed by atoms with Crippen molar-refractivity contribution in [1.29, 1.82) is 0 Å². The Kier molecular flexibility index (Phi) is 1.05. The molecule has 0 aromatic heterocycles. The van der Waals surface area contributed by atoms with Crippen LogP contribution in [0.2, 0.25) is 0 Å². The molecule has 1 aliphatic heterocycles. The smallest absolute Gasteiger partial charge is 0.0414 e. The number of hydrogen-bond acceptors (Lipinski definition) is 2. The topological polar surface area (TPSA) is 3.24 Å². The van der Waals surface area contributed by atoms with Crippen molar-refractivity contribution in [2.24, 2.45) is 11.8 Å². The lowest BCUT2D eigenvalue weighted by atomic mass is 10.4. The fraction of sp³-hybridized carbons (Fsp3) is 1.00. The Labute approximate surface area is 55.5 Å². The van der Waals surface area contributed by atoms with Crippen molar-refractivity contribution >= 4 is 12.6 Å². The minimum Gasteiger partial charge on any atom is -0.294 e. The average Bonchev–Trinajstić information content (AvgIpc) is 2.40. The summed E-state index contributed by atoms with van der Waals surface area (Å²) in [6.07, 6.45) is 1.50. The number of rotatable bonds is 1. The quantitative estimate of drug-likeness (QED) is 0.513. The molecule has 2 aliphatic rings.